The minimum absolute atomic E-state index is 0.0169. The highest BCUT2D eigenvalue weighted by molar-refractivity contribution is 9.13. The zero-order valence-electron chi connectivity index (χ0n) is 9.56. The van der Waals surface area contributed by atoms with Crippen molar-refractivity contribution in [3.63, 3.8) is 0 Å². The zero-order chi connectivity index (χ0) is 13.1. The summed E-state index contributed by atoms with van der Waals surface area (Å²) in [5.74, 6) is 0.0169. The maximum Gasteiger partial charge on any atom is 0.264 e. The van der Waals surface area contributed by atoms with Crippen molar-refractivity contribution in [1.29, 1.82) is 0 Å². The second-order valence-corrected chi connectivity index (χ2v) is 6.97. The Labute approximate surface area is 126 Å². The van der Waals surface area contributed by atoms with E-state index in [1.165, 1.54) is 11.3 Å². The molecular formula is C12H10Br2N2OS. The molecule has 2 rings (SSSR count). The van der Waals surface area contributed by atoms with E-state index in [9.17, 15) is 4.79 Å². The van der Waals surface area contributed by atoms with Gasteiger partial charge in [0, 0.05) is 30.5 Å². The predicted octanol–water partition coefficient (Wildman–Crippen LogP) is 3.94. The first kappa shape index (κ1) is 13.7. The third-order valence-corrected chi connectivity index (χ3v) is 5.62. The summed E-state index contributed by atoms with van der Waals surface area (Å²) in [6.45, 7) is 0.578. The molecule has 2 aromatic rings. The Morgan fingerprint density at radius 3 is 2.61 bits per heavy atom. The van der Waals surface area contributed by atoms with Crippen molar-refractivity contribution in [2.24, 2.45) is 0 Å². The smallest absolute Gasteiger partial charge is 0.264 e. The molecule has 0 unspecified atom stereocenters. The molecule has 0 spiro atoms. The van der Waals surface area contributed by atoms with E-state index in [1.807, 2.05) is 18.2 Å². The number of nitrogens with zero attached hydrogens (tertiary/aromatic N) is 2. The summed E-state index contributed by atoms with van der Waals surface area (Å²) < 4.78 is 1.84. The molecule has 0 aromatic carbocycles. The molecule has 18 heavy (non-hydrogen) atoms. The first-order valence-electron chi connectivity index (χ1n) is 5.17. The molecular weight excluding hydrogens is 380 g/mol. The molecule has 0 aliphatic rings. The second-order valence-electron chi connectivity index (χ2n) is 3.75. The van der Waals surface area contributed by atoms with E-state index in [4.69, 9.17) is 0 Å². The van der Waals surface area contributed by atoms with Gasteiger partial charge in [0.25, 0.3) is 5.91 Å². The Hall–Kier alpha value is -0.720. The molecule has 2 aromatic heterocycles. The molecule has 0 bridgehead atoms. The Morgan fingerprint density at radius 2 is 2.06 bits per heavy atom. The number of amides is 1. The van der Waals surface area contributed by atoms with E-state index in [1.54, 1.807) is 24.3 Å². The van der Waals surface area contributed by atoms with Crippen LogP contribution in [0.4, 0.5) is 0 Å². The fourth-order valence-electron chi connectivity index (χ4n) is 1.47. The zero-order valence-corrected chi connectivity index (χ0v) is 13.5. The lowest BCUT2D eigenvalue weighted by atomic mass is 10.2. The SMILES string of the molecule is CN(Cc1ccncc1)C(=O)c1cc(Br)c(Br)s1. The van der Waals surface area contributed by atoms with Gasteiger partial charge in [-0.2, -0.15) is 0 Å². The normalized spacial score (nSPS) is 10.4. The highest BCUT2D eigenvalue weighted by Gasteiger charge is 2.16. The highest BCUT2D eigenvalue weighted by atomic mass is 79.9. The number of thiophene rings is 1. The molecule has 1 amide bonds. The summed E-state index contributed by atoms with van der Waals surface area (Å²) in [4.78, 5) is 18.6. The van der Waals surface area contributed by atoms with Crippen molar-refractivity contribution < 1.29 is 4.79 Å². The van der Waals surface area contributed by atoms with Crippen LogP contribution in [0.5, 0.6) is 0 Å². The van der Waals surface area contributed by atoms with Gasteiger partial charge in [0.15, 0.2) is 0 Å². The largest absolute Gasteiger partial charge is 0.337 e. The number of carbonyl (C=O) groups excluding carboxylic acids is 1. The van der Waals surface area contributed by atoms with Crippen molar-refractivity contribution in [2.75, 3.05) is 7.05 Å². The highest BCUT2D eigenvalue weighted by Crippen LogP contribution is 2.32. The van der Waals surface area contributed by atoms with Crippen LogP contribution in [0.15, 0.2) is 38.9 Å². The van der Waals surface area contributed by atoms with Crippen molar-refractivity contribution in [3.8, 4) is 0 Å². The quantitative estimate of drug-likeness (QED) is 0.796. The summed E-state index contributed by atoms with van der Waals surface area (Å²) in [6.07, 6.45) is 3.46. The number of hydrogen-bond donors (Lipinski definition) is 0. The maximum atomic E-state index is 12.2. The Balaban J connectivity index is 2.09. The summed E-state index contributed by atoms with van der Waals surface area (Å²) in [5, 5.41) is 0. The maximum absolute atomic E-state index is 12.2. The average molecular weight is 390 g/mol. The topological polar surface area (TPSA) is 33.2 Å². The van der Waals surface area contributed by atoms with Gasteiger partial charge in [0.1, 0.15) is 0 Å². The number of hydrogen-bond acceptors (Lipinski definition) is 3. The standard InChI is InChI=1S/C12H10Br2N2OS/c1-16(7-8-2-4-15-5-3-8)12(17)10-6-9(13)11(14)18-10/h2-6H,7H2,1H3. The van der Waals surface area contributed by atoms with Crippen molar-refractivity contribution >= 4 is 49.1 Å². The summed E-state index contributed by atoms with van der Waals surface area (Å²) >= 11 is 8.21. The first-order chi connectivity index (χ1) is 8.58. The number of aromatic nitrogens is 1. The summed E-state index contributed by atoms with van der Waals surface area (Å²) in [7, 11) is 1.80. The molecule has 0 saturated heterocycles. The van der Waals surface area contributed by atoms with Crippen LogP contribution in [0.25, 0.3) is 0 Å². The van der Waals surface area contributed by atoms with Crippen LogP contribution >= 0.6 is 43.2 Å². The van der Waals surface area contributed by atoms with Gasteiger partial charge in [-0.15, -0.1) is 11.3 Å². The summed E-state index contributed by atoms with van der Waals surface area (Å²) in [5.41, 5.74) is 1.07. The molecule has 0 saturated carbocycles. The fourth-order valence-corrected chi connectivity index (χ4v) is 3.50. The second kappa shape index (κ2) is 5.95. The predicted molar refractivity (Wildman–Crippen MR) is 79.8 cm³/mol. The lowest BCUT2D eigenvalue weighted by Crippen LogP contribution is -2.25. The molecule has 94 valence electrons. The van der Waals surface area contributed by atoms with Crippen LogP contribution in [0, 0.1) is 0 Å². The van der Waals surface area contributed by atoms with E-state index >= 15 is 0 Å². The van der Waals surface area contributed by atoms with Gasteiger partial charge in [-0.1, -0.05) is 0 Å². The lowest BCUT2D eigenvalue weighted by Gasteiger charge is -2.15. The van der Waals surface area contributed by atoms with Crippen LogP contribution < -0.4 is 0 Å². The average Bonchev–Trinajstić information content (AvgIpc) is 2.70. The molecule has 2 heterocycles. The molecule has 6 heteroatoms. The third kappa shape index (κ3) is 3.18. The van der Waals surface area contributed by atoms with Crippen LogP contribution in [-0.2, 0) is 6.54 Å². The van der Waals surface area contributed by atoms with Crippen LogP contribution in [0.3, 0.4) is 0 Å². The van der Waals surface area contributed by atoms with Gasteiger partial charge in [-0.05, 0) is 55.6 Å². The first-order valence-corrected chi connectivity index (χ1v) is 7.57. The number of rotatable bonds is 3. The van der Waals surface area contributed by atoms with Crippen molar-refractivity contribution in [2.45, 2.75) is 6.54 Å². The molecule has 3 nitrogen and oxygen atoms in total. The van der Waals surface area contributed by atoms with E-state index in [2.05, 4.69) is 36.8 Å². The number of pyridine rings is 1. The number of carbonyl (C=O) groups is 1. The molecule has 0 aliphatic carbocycles. The van der Waals surface area contributed by atoms with Crippen LogP contribution in [0.2, 0.25) is 0 Å². The van der Waals surface area contributed by atoms with Crippen molar-refractivity contribution in [1.82, 2.24) is 9.88 Å². The van der Waals surface area contributed by atoms with E-state index in [-0.39, 0.29) is 5.91 Å². The van der Waals surface area contributed by atoms with E-state index < -0.39 is 0 Å². The van der Waals surface area contributed by atoms with Crippen LogP contribution in [0.1, 0.15) is 15.2 Å². The van der Waals surface area contributed by atoms with E-state index in [0.29, 0.717) is 11.4 Å². The van der Waals surface area contributed by atoms with E-state index in [0.717, 1.165) is 13.8 Å². The van der Waals surface area contributed by atoms with Gasteiger partial charge in [-0.25, -0.2) is 0 Å². The number of halogens is 2. The molecule has 0 radical (unpaired) electrons. The van der Waals surface area contributed by atoms with Crippen molar-refractivity contribution in [3.05, 3.63) is 49.3 Å². The Kier molecular flexibility index (Phi) is 4.53. The minimum Gasteiger partial charge on any atom is -0.337 e. The monoisotopic (exact) mass is 388 g/mol. The van der Waals surface area contributed by atoms with Gasteiger partial charge in [0.05, 0.1) is 8.66 Å². The lowest BCUT2D eigenvalue weighted by molar-refractivity contribution is 0.0790. The molecule has 0 atom stereocenters. The van der Waals surface area contributed by atoms with Gasteiger partial charge >= 0.3 is 0 Å². The molecule has 0 N–H and O–H groups in total. The summed E-state index contributed by atoms with van der Waals surface area (Å²) in [6, 6.07) is 5.65. The third-order valence-electron chi connectivity index (χ3n) is 2.37. The molecule has 0 aliphatic heterocycles. The fraction of sp³-hybridized carbons (Fsp3) is 0.167. The minimum atomic E-state index is 0.0169. The Bertz CT molecular complexity index is 537. The Morgan fingerprint density at radius 1 is 1.39 bits per heavy atom. The van der Waals surface area contributed by atoms with Crippen LogP contribution in [-0.4, -0.2) is 22.8 Å². The van der Waals surface area contributed by atoms with Gasteiger partial charge in [-0.3, -0.25) is 9.78 Å². The van der Waals surface area contributed by atoms with Gasteiger partial charge < -0.3 is 4.90 Å². The molecule has 0 fully saturated rings. The van der Waals surface area contributed by atoms with Gasteiger partial charge in [0.2, 0.25) is 0 Å².